The summed E-state index contributed by atoms with van der Waals surface area (Å²) in [6, 6.07) is 12.9. The van der Waals surface area contributed by atoms with Crippen molar-refractivity contribution in [2.75, 3.05) is 17.6 Å². The third-order valence-electron chi connectivity index (χ3n) is 4.07. The summed E-state index contributed by atoms with van der Waals surface area (Å²) in [7, 11) is -3.60. The van der Waals surface area contributed by atoms with Gasteiger partial charge in [0.1, 0.15) is 5.82 Å². The number of sulfonamides is 1. The highest BCUT2D eigenvalue weighted by Gasteiger charge is 2.20. The first-order chi connectivity index (χ1) is 12.7. The molecule has 2 aromatic carbocycles. The van der Waals surface area contributed by atoms with Crippen molar-refractivity contribution in [1.29, 1.82) is 0 Å². The molecule has 0 aliphatic rings. The molecule has 0 aliphatic heterocycles. The molecule has 0 saturated heterocycles. The van der Waals surface area contributed by atoms with Crippen molar-refractivity contribution in [3.8, 4) is 0 Å². The Labute approximate surface area is 158 Å². The first kappa shape index (κ1) is 20.9. The van der Waals surface area contributed by atoms with E-state index in [4.69, 9.17) is 0 Å². The van der Waals surface area contributed by atoms with E-state index < -0.39 is 27.8 Å². The van der Waals surface area contributed by atoms with Crippen LogP contribution >= 0.6 is 0 Å². The Kier molecular flexibility index (Phi) is 6.92. The highest BCUT2D eigenvalue weighted by atomic mass is 32.2. The van der Waals surface area contributed by atoms with Gasteiger partial charge in [-0.2, -0.15) is 0 Å². The Hall–Kier alpha value is -2.45. The van der Waals surface area contributed by atoms with Gasteiger partial charge in [0.15, 0.2) is 0 Å². The van der Waals surface area contributed by atoms with Crippen LogP contribution in [0.25, 0.3) is 0 Å². The van der Waals surface area contributed by atoms with Crippen molar-refractivity contribution in [1.82, 2.24) is 5.32 Å². The van der Waals surface area contributed by atoms with E-state index in [-0.39, 0.29) is 18.2 Å². The summed E-state index contributed by atoms with van der Waals surface area (Å²) >= 11 is 0. The van der Waals surface area contributed by atoms with Crippen LogP contribution in [0.15, 0.2) is 48.5 Å². The van der Waals surface area contributed by atoms with Gasteiger partial charge in [0.05, 0.1) is 30.5 Å². The standard InChI is InChI=1S/C19H23FN2O4S/c1-13(15-8-9-18(17(20)11-15)22-27(2,25)26)19(24)21-16(12-23)10-14-6-4-3-5-7-14/h3-9,11,13,16,22-23H,10,12H2,1-2H3,(H,21,24)/t13?,16-/m0/s1. The molecule has 0 bridgehead atoms. The Morgan fingerprint density at radius 1 is 1.19 bits per heavy atom. The molecule has 2 atom stereocenters. The summed E-state index contributed by atoms with van der Waals surface area (Å²) in [5, 5.41) is 12.3. The average molecular weight is 394 g/mol. The number of hydrogen-bond acceptors (Lipinski definition) is 4. The van der Waals surface area contributed by atoms with Crippen LogP contribution in [0, 0.1) is 5.82 Å². The molecular weight excluding hydrogens is 371 g/mol. The van der Waals surface area contributed by atoms with E-state index >= 15 is 0 Å². The predicted molar refractivity (Wildman–Crippen MR) is 102 cm³/mol. The van der Waals surface area contributed by atoms with Crippen LogP contribution in [0.5, 0.6) is 0 Å². The van der Waals surface area contributed by atoms with Crippen LogP contribution in [0.3, 0.4) is 0 Å². The first-order valence-electron chi connectivity index (χ1n) is 8.42. The van der Waals surface area contributed by atoms with Gasteiger partial charge in [-0.05, 0) is 36.6 Å². The van der Waals surface area contributed by atoms with Crippen molar-refractivity contribution in [3.05, 3.63) is 65.5 Å². The molecule has 0 heterocycles. The Morgan fingerprint density at radius 3 is 2.41 bits per heavy atom. The van der Waals surface area contributed by atoms with Crippen molar-refractivity contribution < 1.29 is 22.7 Å². The van der Waals surface area contributed by atoms with Crippen LogP contribution in [-0.2, 0) is 21.2 Å². The first-order valence-corrected chi connectivity index (χ1v) is 10.3. The Balaban J connectivity index is 2.06. The zero-order chi connectivity index (χ0) is 20.0. The number of aliphatic hydroxyl groups is 1. The van der Waals surface area contributed by atoms with Crippen molar-refractivity contribution in [3.63, 3.8) is 0 Å². The number of aliphatic hydroxyl groups excluding tert-OH is 1. The van der Waals surface area contributed by atoms with Crippen molar-refractivity contribution in [2.24, 2.45) is 0 Å². The molecule has 0 radical (unpaired) electrons. The van der Waals surface area contributed by atoms with Gasteiger partial charge in [-0.3, -0.25) is 9.52 Å². The summed E-state index contributed by atoms with van der Waals surface area (Å²) in [6.45, 7) is 1.39. The van der Waals surface area contributed by atoms with Gasteiger partial charge < -0.3 is 10.4 Å². The van der Waals surface area contributed by atoms with E-state index in [1.54, 1.807) is 6.92 Å². The maximum absolute atomic E-state index is 14.1. The highest BCUT2D eigenvalue weighted by molar-refractivity contribution is 7.92. The molecule has 1 unspecified atom stereocenters. The SMILES string of the molecule is CC(C(=O)N[C@H](CO)Cc1ccccc1)c1ccc(NS(C)(=O)=O)c(F)c1. The number of carbonyl (C=O) groups excluding carboxylic acids is 1. The molecule has 2 rings (SSSR count). The number of halogens is 1. The minimum absolute atomic E-state index is 0.175. The maximum Gasteiger partial charge on any atom is 0.229 e. The number of anilines is 1. The molecule has 0 saturated carbocycles. The van der Waals surface area contributed by atoms with E-state index in [1.165, 1.54) is 12.1 Å². The molecule has 2 aromatic rings. The second-order valence-electron chi connectivity index (χ2n) is 6.41. The quantitative estimate of drug-likeness (QED) is 0.638. The molecule has 0 aromatic heterocycles. The molecule has 0 aliphatic carbocycles. The fourth-order valence-electron chi connectivity index (χ4n) is 2.62. The highest BCUT2D eigenvalue weighted by Crippen LogP contribution is 2.22. The molecule has 6 nitrogen and oxygen atoms in total. The Bertz CT molecular complexity index is 888. The third kappa shape index (κ3) is 6.33. The molecular formula is C19H23FN2O4S. The predicted octanol–water partition coefficient (Wildman–Crippen LogP) is 2.02. The average Bonchev–Trinajstić information content (AvgIpc) is 2.62. The maximum atomic E-state index is 14.1. The summed E-state index contributed by atoms with van der Waals surface area (Å²) < 4.78 is 38.6. The van der Waals surface area contributed by atoms with Crippen molar-refractivity contribution >= 4 is 21.6 Å². The van der Waals surface area contributed by atoms with Crippen LogP contribution in [0.4, 0.5) is 10.1 Å². The zero-order valence-corrected chi connectivity index (χ0v) is 16.0. The number of nitrogens with one attached hydrogen (secondary N) is 2. The van der Waals surface area contributed by atoms with Crippen molar-refractivity contribution in [2.45, 2.75) is 25.3 Å². The van der Waals surface area contributed by atoms with Gasteiger partial charge in [-0.1, -0.05) is 36.4 Å². The number of benzene rings is 2. The normalized spacial score (nSPS) is 13.6. The summed E-state index contributed by atoms with van der Waals surface area (Å²) in [5.41, 5.74) is 1.21. The lowest BCUT2D eigenvalue weighted by Gasteiger charge is -2.20. The molecule has 0 spiro atoms. The largest absolute Gasteiger partial charge is 0.394 e. The van der Waals surface area contributed by atoms with Crippen LogP contribution < -0.4 is 10.0 Å². The smallest absolute Gasteiger partial charge is 0.229 e. The number of hydrogen-bond donors (Lipinski definition) is 3. The topological polar surface area (TPSA) is 95.5 Å². The third-order valence-corrected chi connectivity index (χ3v) is 4.66. The molecule has 8 heteroatoms. The van der Waals surface area contributed by atoms with Gasteiger partial charge in [0.2, 0.25) is 15.9 Å². The van der Waals surface area contributed by atoms with Gasteiger partial charge >= 0.3 is 0 Å². The van der Waals surface area contributed by atoms with E-state index in [2.05, 4.69) is 10.0 Å². The van der Waals surface area contributed by atoms with E-state index in [1.807, 2.05) is 30.3 Å². The molecule has 1 amide bonds. The minimum Gasteiger partial charge on any atom is -0.394 e. The van der Waals surface area contributed by atoms with Gasteiger partial charge in [0, 0.05) is 0 Å². The lowest BCUT2D eigenvalue weighted by Crippen LogP contribution is -2.41. The minimum atomic E-state index is -3.60. The van der Waals surface area contributed by atoms with Crippen LogP contribution in [-0.4, -0.2) is 38.3 Å². The summed E-state index contributed by atoms with van der Waals surface area (Å²) in [6.07, 6.45) is 1.40. The molecule has 146 valence electrons. The summed E-state index contributed by atoms with van der Waals surface area (Å²) in [5.74, 6) is -1.79. The van der Waals surface area contributed by atoms with Crippen LogP contribution in [0.1, 0.15) is 24.0 Å². The van der Waals surface area contributed by atoms with E-state index in [9.17, 15) is 22.7 Å². The Morgan fingerprint density at radius 2 is 1.85 bits per heavy atom. The lowest BCUT2D eigenvalue weighted by molar-refractivity contribution is -0.123. The number of carbonyl (C=O) groups is 1. The van der Waals surface area contributed by atoms with Gasteiger partial charge in [-0.25, -0.2) is 12.8 Å². The fraction of sp³-hybridized carbons (Fsp3) is 0.316. The van der Waals surface area contributed by atoms with E-state index in [0.29, 0.717) is 12.0 Å². The lowest BCUT2D eigenvalue weighted by atomic mass is 9.98. The zero-order valence-electron chi connectivity index (χ0n) is 15.1. The monoisotopic (exact) mass is 394 g/mol. The fourth-order valence-corrected chi connectivity index (χ4v) is 3.19. The van der Waals surface area contributed by atoms with Crippen LogP contribution in [0.2, 0.25) is 0 Å². The molecule has 0 fully saturated rings. The van der Waals surface area contributed by atoms with Gasteiger partial charge in [-0.15, -0.1) is 0 Å². The van der Waals surface area contributed by atoms with E-state index in [0.717, 1.165) is 17.9 Å². The molecule has 3 N–H and O–H groups in total. The second-order valence-corrected chi connectivity index (χ2v) is 8.16. The number of amides is 1. The van der Waals surface area contributed by atoms with Gasteiger partial charge in [0.25, 0.3) is 0 Å². The number of rotatable bonds is 8. The summed E-state index contributed by atoms with van der Waals surface area (Å²) in [4.78, 5) is 12.5. The molecule has 27 heavy (non-hydrogen) atoms. The second kappa shape index (κ2) is 8.96.